The van der Waals surface area contributed by atoms with Crippen molar-refractivity contribution < 1.29 is 4.79 Å². The predicted octanol–water partition coefficient (Wildman–Crippen LogP) is 2.94. The van der Waals surface area contributed by atoms with Crippen molar-refractivity contribution in [3.05, 3.63) is 35.4 Å². The van der Waals surface area contributed by atoms with Crippen LogP contribution in [0.4, 0.5) is 0 Å². The molecule has 2 rings (SSSR count). The van der Waals surface area contributed by atoms with E-state index in [1.54, 1.807) is 0 Å². The minimum atomic E-state index is 0. The number of halogens is 2. The molecule has 0 radical (unpaired) electrons. The SMILES string of the molecule is CN(CCC1CCCCN1C)C(=O)c1ccc(CN)cc1.Cl.Cl. The topological polar surface area (TPSA) is 49.6 Å². The van der Waals surface area contributed by atoms with E-state index in [1.807, 2.05) is 36.2 Å². The van der Waals surface area contributed by atoms with E-state index >= 15 is 0 Å². The minimum Gasteiger partial charge on any atom is -0.342 e. The third-order valence-corrected chi connectivity index (χ3v) is 4.50. The number of carbonyl (C=O) groups is 1. The fraction of sp³-hybridized carbons (Fsp3) is 0.588. The van der Waals surface area contributed by atoms with Gasteiger partial charge in [-0.15, -0.1) is 24.8 Å². The second-order valence-corrected chi connectivity index (χ2v) is 6.05. The van der Waals surface area contributed by atoms with E-state index in [4.69, 9.17) is 5.73 Å². The number of piperidine rings is 1. The van der Waals surface area contributed by atoms with Crippen molar-refractivity contribution in [2.24, 2.45) is 5.73 Å². The van der Waals surface area contributed by atoms with Crippen LogP contribution < -0.4 is 5.73 Å². The standard InChI is InChI=1S/C17H27N3O.2ClH/c1-19-11-4-3-5-16(19)10-12-20(2)17(21)15-8-6-14(13-18)7-9-15;;/h6-9,16H,3-5,10-13,18H2,1-2H3;2*1H. The lowest BCUT2D eigenvalue weighted by molar-refractivity contribution is 0.0770. The molecule has 0 saturated carbocycles. The van der Waals surface area contributed by atoms with Gasteiger partial charge in [-0.25, -0.2) is 0 Å². The molecule has 132 valence electrons. The van der Waals surface area contributed by atoms with Gasteiger partial charge >= 0.3 is 0 Å². The van der Waals surface area contributed by atoms with Gasteiger partial charge in [-0.1, -0.05) is 18.6 Å². The fourth-order valence-corrected chi connectivity index (χ4v) is 2.96. The number of nitrogens with zero attached hydrogens (tertiary/aromatic N) is 2. The van der Waals surface area contributed by atoms with Gasteiger partial charge in [0.1, 0.15) is 0 Å². The Hall–Kier alpha value is -0.810. The largest absolute Gasteiger partial charge is 0.342 e. The maximum Gasteiger partial charge on any atom is 0.253 e. The van der Waals surface area contributed by atoms with Crippen LogP contribution in [0.2, 0.25) is 0 Å². The van der Waals surface area contributed by atoms with E-state index < -0.39 is 0 Å². The monoisotopic (exact) mass is 361 g/mol. The van der Waals surface area contributed by atoms with Crippen molar-refractivity contribution in [3.8, 4) is 0 Å². The summed E-state index contributed by atoms with van der Waals surface area (Å²) in [4.78, 5) is 16.6. The Kier molecular flexibility index (Phi) is 10.5. The summed E-state index contributed by atoms with van der Waals surface area (Å²) in [5.74, 6) is 0.0945. The molecule has 1 unspecified atom stereocenters. The summed E-state index contributed by atoms with van der Waals surface area (Å²) in [6.07, 6.45) is 4.92. The summed E-state index contributed by atoms with van der Waals surface area (Å²) in [6, 6.07) is 8.21. The lowest BCUT2D eigenvalue weighted by Crippen LogP contribution is -2.39. The average molecular weight is 362 g/mol. The summed E-state index contributed by atoms with van der Waals surface area (Å²) < 4.78 is 0. The van der Waals surface area contributed by atoms with Gasteiger partial charge in [-0.05, 0) is 50.6 Å². The Morgan fingerprint density at radius 1 is 1.26 bits per heavy atom. The summed E-state index contributed by atoms with van der Waals surface area (Å²) in [5.41, 5.74) is 7.38. The Morgan fingerprint density at radius 3 is 2.48 bits per heavy atom. The van der Waals surface area contributed by atoms with E-state index in [2.05, 4.69) is 11.9 Å². The number of carbonyl (C=O) groups excluding carboxylic acids is 1. The molecule has 0 aromatic heterocycles. The Labute approximate surface area is 152 Å². The van der Waals surface area contributed by atoms with Gasteiger partial charge in [-0.3, -0.25) is 4.79 Å². The normalized spacial score (nSPS) is 17.8. The third kappa shape index (κ3) is 6.30. The molecule has 1 fully saturated rings. The van der Waals surface area contributed by atoms with Gasteiger partial charge in [0, 0.05) is 31.7 Å². The molecule has 6 heteroatoms. The van der Waals surface area contributed by atoms with E-state index in [0.29, 0.717) is 12.6 Å². The van der Waals surface area contributed by atoms with E-state index in [1.165, 1.54) is 25.8 Å². The highest BCUT2D eigenvalue weighted by molar-refractivity contribution is 5.94. The number of hydrogen-bond donors (Lipinski definition) is 1. The number of nitrogens with two attached hydrogens (primary N) is 1. The number of amides is 1. The molecule has 4 nitrogen and oxygen atoms in total. The molecule has 0 aliphatic carbocycles. The van der Waals surface area contributed by atoms with Crippen LogP contribution >= 0.6 is 24.8 Å². The van der Waals surface area contributed by atoms with Crippen molar-refractivity contribution >= 4 is 30.7 Å². The zero-order valence-corrected chi connectivity index (χ0v) is 15.7. The summed E-state index contributed by atoms with van der Waals surface area (Å²) in [5, 5.41) is 0. The van der Waals surface area contributed by atoms with Crippen molar-refractivity contribution in [2.75, 3.05) is 27.2 Å². The molecule has 1 heterocycles. The quantitative estimate of drug-likeness (QED) is 0.876. The molecule has 1 amide bonds. The Bertz CT molecular complexity index is 467. The van der Waals surface area contributed by atoms with E-state index in [9.17, 15) is 4.79 Å². The van der Waals surface area contributed by atoms with Crippen molar-refractivity contribution in [2.45, 2.75) is 38.3 Å². The second kappa shape index (κ2) is 10.9. The molecule has 1 saturated heterocycles. The van der Waals surface area contributed by atoms with E-state index in [-0.39, 0.29) is 30.7 Å². The number of benzene rings is 1. The number of hydrogen-bond acceptors (Lipinski definition) is 3. The van der Waals surface area contributed by atoms with Crippen LogP contribution in [-0.2, 0) is 6.54 Å². The first-order chi connectivity index (χ1) is 10.1. The highest BCUT2D eigenvalue weighted by Gasteiger charge is 2.20. The lowest BCUT2D eigenvalue weighted by atomic mass is 10.00. The summed E-state index contributed by atoms with van der Waals surface area (Å²) >= 11 is 0. The molecule has 1 aliphatic heterocycles. The second-order valence-electron chi connectivity index (χ2n) is 6.05. The first-order valence-electron chi connectivity index (χ1n) is 7.86. The number of likely N-dealkylation sites (tertiary alicyclic amines) is 1. The van der Waals surface area contributed by atoms with Crippen LogP contribution in [0.15, 0.2) is 24.3 Å². The van der Waals surface area contributed by atoms with Gasteiger partial charge in [0.05, 0.1) is 0 Å². The molecule has 2 N–H and O–H groups in total. The van der Waals surface area contributed by atoms with Crippen LogP contribution in [0.3, 0.4) is 0 Å². The highest BCUT2D eigenvalue weighted by Crippen LogP contribution is 2.18. The summed E-state index contributed by atoms with van der Waals surface area (Å²) in [6.45, 7) is 2.51. The third-order valence-electron chi connectivity index (χ3n) is 4.50. The van der Waals surface area contributed by atoms with Crippen LogP contribution in [0.25, 0.3) is 0 Å². The van der Waals surface area contributed by atoms with E-state index in [0.717, 1.165) is 24.1 Å². The average Bonchev–Trinajstić information content (AvgIpc) is 2.53. The van der Waals surface area contributed by atoms with Crippen LogP contribution in [0.5, 0.6) is 0 Å². The molecule has 1 aromatic carbocycles. The smallest absolute Gasteiger partial charge is 0.253 e. The fourth-order valence-electron chi connectivity index (χ4n) is 2.96. The van der Waals surface area contributed by atoms with Crippen molar-refractivity contribution in [3.63, 3.8) is 0 Å². The Morgan fingerprint density at radius 2 is 1.91 bits per heavy atom. The first-order valence-corrected chi connectivity index (χ1v) is 7.86. The predicted molar refractivity (Wildman–Crippen MR) is 101 cm³/mol. The minimum absolute atomic E-state index is 0. The molecule has 1 atom stereocenters. The van der Waals surface area contributed by atoms with Crippen LogP contribution in [0.1, 0.15) is 41.6 Å². The van der Waals surface area contributed by atoms with Crippen molar-refractivity contribution in [1.82, 2.24) is 9.80 Å². The van der Waals surface area contributed by atoms with Crippen molar-refractivity contribution in [1.29, 1.82) is 0 Å². The van der Waals surface area contributed by atoms with Gasteiger partial charge in [0.25, 0.3) is 5.91 Å². The molecule has 1 aromatic rings. The van der Waals surface area contributed by atoms with Gasteiger partial charge in [0.2, 0.25) is 0 Å². The first kappa shape index (κ1) is 22.2. The summed E-state index contributed by atoms with van der Waals surface area (Å²) in [7, 11) is 4.08. The highest BCUT2D eigenvalue weighted by atomic mass is 35.5. The number of rotatable bonds is 5. The van der Waals surface area contributed by atoms with Gasteiger partial charge < -0.3 is 15.5 Å². The van der Waals surface area contributed by atoms with Crippen LogP contribution in [0, 0.1) is 0 Å². The maximum absolute atomic E-state index is 12.4. The lowest BCUT2D eigenvalue weighted by Gasteiger charge is -2.33. The molecular weight excluding hydrogens is 333 g/mol. The van der Waals surface area contributed by atoms with Gasteiger partial charge in [0.15, 0.2) is 0 Å². The molecule has 0 bridgehead atoms. The maximum atomic E-state index is 12.4. The van der Waals surface area contributed by atoms with Crippen LogP contribution in [-0.4, -0.2) is 48.9 Å². The zero-order chi connectivity index (χ0) is 15.2. The molecular formula is C17H29Cl2N3O. The van der Waals surface area contributed by atoms with Gasteiger partial charge in [-0.2, -0.15) is 0 Å². The molecule has 23 heavy (non-hydrogen) atoms. The molecule has 0 spiro atoms. The molecule has 1 aliphatic rings. The Balaban J connectivity index is 0.00000242. The zero-order valence-electron chi connectivity index (χ0n) is 14.0.